The molecule has 0 spiro atoms. The van der Waals surface area contributed by atoms with Crippen molar-refractivity contribution in [2.75, 3.05) is 5.73 Å². The summed E-state index contributed by atoms with van der Waals surface area (Å²) in [6.45, 7) is 0. The summed E-state index contributed by atoms with van der Waals surface area (Å²) in [4.78, 5) is 11.6. The first-order chi connectivity index (χ1) is 6.20. The van der Waals surface area contributed by atoms with E-state index in [2.05, 4.69) is 10.2 Å². The van der Waals surface area contributed by atoms with Gasteiger partial charge in [-0.05, 0) is 6.07 Å². The van der Waals surface area contributed by atoms with E-state index >= 15 is 0 Å². The Morgan fingerprint density at radius 3 is 2.86 bits per heavy atom. The van der Waals surface area contributed by atoms with Gasteiger partial charge in [-0.2, -0.15) is 5.10 Å². The van der Waals surface area contributed by atoms with E-state index in [-0.39, 0.29) is 63.1 Å². The largest absolute Gasteiger partial charge is 1.00 e. The molecule has 2 aromatic heterocycles. The summed E-state index contributed by atoms with van der Waals surface area (Å²) in [6, 6.07) is 1.68. The number of nitrogens with one attached hydrogen (secondary N) is 1. The van der Waals surface area contributed by atoms with Gasteiger partial charge >= 0.3 is 58.2 Å². The fourth-order valence-corrected chi connectivity index (χ4v) is 1.92. The first-order valence-corrected chi connectivity index (χ1v) is 4.27. The Kier molecular flexibility index (Phi) is 4.14. The summed E-state index contributed by atoms with van der Waals surface area (Å²) < 4.78 is 0. The Balaban J connectivity index is 0.000000980. The van der Waals surface area contributed by atoms with Crippen LogP contribution in [-0.2, 0) is 0 Å². The molecule has 0 aliphatic heterocycles. The molecule has 3 N–H and O–H groups in total. The maximum Gasteiger partial charge on any atom is 1.00 e. The standard InChI is InChI=1S/C7H6N4OS.Rb/c8-4-3-1-2-10-11-7(3)13-5(4)6(9)12;/h1-2H,(H4,8,9,12);/q;+1/p-1. The zero-order valence-corrected chi connectivity index (χ0v) is 13.2. The fraction of sp³-hybridized carbons (Fsp3) is 0. The first kappa shape index (κ1) is 12.2. The van der Waals surface area contributed by atoms with Crippen molar-refractivity contribution in [1.29, 1.82) is 0 Å². The topological polar surface area (TPSA) is 92.7 Å². The summed E-state index contributed by atoms with van der Waals surface area (Å²) in [5.41, 5.74) is 12.9. The Bertz CT molecular complexity index is 483. The van der Waals surface area contributed by atoms with E-state index in [1.165, 1.54) is 6.20 Å². The summed E-state index contributed by atoms with van der Waals surface area (Å²) in [5, 5.41) is 8.15. The van der Waals surface area contributed by atoms with Crippen molar-refractivity contribution in [3.63, 3.8) is 0 Å². The molecule has 0 saturated heterocycles. The van der Waals surface area contributed by atoms with Gasteiger partial charge in [0.2, 0.25) is 0 Å². The summed E-state index contributed by atoms with van der Waals surface area (Å²) >= 11 is 1.10. The van der Waals surface area contributed by atoms with E-state index < -0.39 is 5.91 Å². The van der Waals surface area contributed by atoms with Gasteiger partial charge in [-0.25, -0.2) is 0 Å². The fourth-order valence-electron chi connectivity index (χ4n) is 1.04. The van der Waals surface area contributed by atoms with Gasteiger partial charge in [-0.15, -0.1) is 16.4 Å². The molecule has 0 bridgehead atoms. The number of rotatable bonds is 1. The van der Waals surface area contributed by atoms with E-state index in [0.717, 1.165) is 11.3 Å². The second-order valence-corrected chi connectivity index (χ2v) is 3.42. The van der Waals surface area contributed by atoms with Crippen molar-refractivity contribution in [3.8, 4) is 0 Å². The molecule has 1 amide bonds. The van der Waals surface area contributed by atoms with Crippen molar-refractivity contribution >= 4 is 33.1 Å². The van der Waals surface area contributed by atoms with E-state index in [0.29, 0.717) is 15.9 Å². The maximum absolute atomic E-state index is 10.8. The van der Waals surface area contributed by atoms with Crippen LogP contribution in [0, 0.1) is 0 Å². The van der Waals surface area contributed by atoms with Crippen LogP contribution in [-0.4, -0.2) is 16.1 Å². The molecule has 2 rings (SSSR count). The minimum atomic E-state index is -0.777. The second kappa shape index (κ2) is 4.76. The minimum Gasteiger partial charge on any atom is -0.663 e. The van der Waals surface area contributed by atoms with Crippen LogP contribution < -0.4 is 63.9 Å². The van der Waals surface area contributed by atoms with E-state index in [1.54, 1.807) is 6.07 Å². The Labute approximate surface area is 133 Å². The SMILES string of the molecule is [NH-]C(=O)c1sc2nnccc2c1N.[Rb+]. The zero-order chi connectivity index (χ0) is 9.42. The number of carbonyl (C=O) groups excluding carboxylic acids is 1. The Morgan fingerprint density at radius 1 is 1.57 bits per heavy atom. The van der Waals surface area contributed by atoms with Gasteiger partial charge in [0.1, 0.15) is 4.83 Å². The van der Waals surface area contributed by atoms with Crippen molar-refractivity contribution < 1.29 is 63.0 Å². The normalized spacial score (nSPS) is 9.71. The van der Waals surface area contributed by atoms with Gasteiger partial charge in [0, 0.05) is 5.39 Å². The van der Waals surface area contributed by atoms with E-state index in [9.17, 15) is 4.79 Å². The third-order valence-corrected chi connectivity index (χ3v) is 2.73. The molecule has 2 heterocycles. The number of fused-ring (bicyclic) bond motifs is 1. The van der Waals surface area contributed by atoms with Crippen LogP contribution in [0.15, 0.2) is 12.3 Å². The van der Waals surface area contributed by atoms with Gasteiger partial charge in [0.05, 0.1) is 22.7 Å². The molecular weight excluding hydrogens is 274 g/mol. The molecule has 7 heteroatoms. The molecule has 0 atom stereocenters. The molecule has 0 saturated carbocycles. The quantitative estimate of drug-likeness (QED) is 0.685. The van der Waals surface area contributed by atoms with Crippen LogP contribution in [0.25, 0.3) is 16.0 Å². The Morgan fingerprint density at radius 2 is 2.29 bits per heavy atom. The van der Waals surface area contributed by atoms with Crippen molar-refractivity contribution in [2.24, 2.45) is 0 Å². The molecule has 2 aromatic rings. The maximum atomic E-state index is 10.8. The molecule has 0 radical (unpaired) electrons. The number of nitrogens with two attached hydrogens (primary N) is 1. The third kappa shape index (κ3) is 2.04. The number of thiophene rings is 1. The van der Waals surface area contributed by atoms with Gasteiger partial charge in [-0.1, -0.05) is 0 Å². The second-order valence-electron chi connectivity index (χ2n) is 2.42. The van der Waals surface area contributed by atoms with Crippen LogP contribution in [0.1, 0.15) is 9.67 Å². The van der Waals surface area contributed by atoms with Crippen LogP contribution in [0.2, 0.25) is 0 Å². The van der Waals surface area contributed by atoms with Gasteiger partial charge in [0.25, 0.3) is 0 Å². The van der Waals surface area contributed by atoms with Crippen LogP contribution in [0.4, 0.5) is 5.69 Å². The number of aromatic nitrogens is 2. The average Bonchev–Trinajstić information content (AvgIpc) is 2.45. The number of anilines is 1. The van der Waals surface area contributed by atoms with Crippen LogP contribution >= 0.6 is 11.3 Å². The van der Waals surface area contributed by atoms with Crippen LogP contribution in [0.3, 0.4) is 0 Å². The molecule has 0 aliphatic rings. The van der Waals surface area contributed by atoms with Gasteiger partial charge < -0.3 is 16.3 Å². The number of hydrogen-bond acceptors (Lipinski definition) is 5. The molecule has 0 aromatic carbocycles. The molecule has 5 nitrogen and oxygen atoms in total. The predicted molar refractivity (Wildman–Crippen MR) is 50.5 cm³/mol. The predicted octanol–water partition coefficient (Wildman–Crippen LogP) is -1.53. The third-order valence-electron chi connectivity index (χ3n) is 1.63. The van der Waals surface area contributed by atoms with E-state index in [1.807, 2.05) is 0 Å². The smallest absolute Gasteiger partial charge is 0.663 e. The van der Waals surface area contributed by atoms with Gasteiger partial charge in [0.15, 0.2) is 0 Å². The molecule has 66 valence electrons. The van der Waals surface area contributed by atoms with Crippen molar-refractivity contribution in [3.05, 3.63) is 22.9 Å². The molecule has 0 unspecified atom stereocenters. The molecule has 0 fully saturated rings. The molecule has 14 heavy (non-hydrogen) atoms. The van der Waals surface area contributed by atoms with E-state index in [4.69, 9.17) is 11.5 Å². The summed E-state index contributed by atoms with van der Waals surface area (Å²) in [6.07, 6.45) is 1.50. The van der Waals surface area contributed by atoms with Crippen LogP contribution in [0.5, 0.6) is 0 Å². The number of carbonyl (C=O) groups is 1. The van der Waals surface area contributed by atoms with Gasteiger partial charge in [-0.3, -0.25) is 0 Å². The molecule has 0 aliphatic carbocycles. The number of nitrogens with zero attached hydrogens (tertiary/aromatic N) is 2. The average molecular weight is 279 g/mol. The van der Waals surface area contributed by atoms with Crippen molar-refractivity contribution in [2.45, 2.75) is 0 Å². The number of amides is 1. The minimum absolute atomic E-state index is 0. The van der Waals surface area contributed by atoms with Crippen molar-refractivity contribution in [1.82, 2.24) is 10.2 Å². The molecular formula is C7H5N4ORbS. The first-order valence-electron chi connectivity index (χ1n) is 3.45. The zero-order valence-electron chi connectivity index (χ0n) is 7.44. The summed E-state index contributed by atoms with van der Waals surface area (Å²) in [7, 11) is 0. The summed E-state index contributed by atoms with van der Waals surface area (Å²) in [5.74, 6) is -0.777. The number of hydrogen-bond donors (Lipinski definition) is 1. The number of nitrogen functional groups attached to an aromatic ring is 1. The monoisotopic (exact) mass is 278 g/mol. The Hall–Kier alpha value is 0.115.